The normalized spacial score (nSPS) is 28.3. The average Bonchev–Trinajstić information content (AvgIpc) is 2.74. The summed E-state index contributed by atoms with van der Waals surface area (Å²) in [6.45, 7) is 9.32. The van der Waals surface area contributed by atoms with E-state index in [2.05, 4.69) is 29.0 Å². The third kappa shape index (κ3) is 4.11. The Balaban J connectivity index is 1.83. The molecule has 0 aromatic rings. The quantitative estimate of drug-likeness (QED) is 0.863. The van der Waals surface area contributed by atoms with E-state index in [-0.39, 0.29) is 6.03 Å². The lowest BCUT2D eigenvalue weighted by atomic mass is 9.94. The van der Waals surface area contributed by atoms with Crippen molar-refractivity contribution in [3.8, 4) is 0 Å². The molecule has 1 N–H and O–H groups in total. The lowest BCUT2D eigenvalue weighted by Crippen LogP contribution is -2.53. The number of likely N-dealkylation sites (tertiary alicyclic amines) is 2. The number of nitrogens with one attached hydrogen (secondary N) is 1. The van der Waals surface area contributed by atoms with Gasteiger partial charge in [-0.2, -0.15) is 0 Å². The molecule has 4 heteroatoms. The lowest BCUT2D eigenvalue weighted by Gasteiger charge is -2.39. The van der Waals surface area contributed by atoms with E-state index >= 15 is 0 Å². The van der Waals surface area contributed by atoms with Crippen LogP contribution in [0.3, 0.4) is 0 Å². The first kappa shape index (κ1) is 15.6. The SMILES string of the molecule is CCCNC1CCN(C(=O)N2CCCCCC2)CC1C. The van der Waals surface area contributed by atoms with Gasteiger partial charge in [-0.05, 0) is 38.1 Å². The fourth-order valence-electron chi connectivity index (χ4n) is 3.41. The van der Waals surface area contributed by atoms with E-state index in [4.69, 9.17) is 0 Å². The Morgan fingerprint density at radius 1 is 1.10 bits per heavy atom. The van der Waals surface area contributed by atoms with E-state index in [1.54, 1.807) is 0 Å². The molecule has 2 saturated heterocycles. The zero-order chi connectivity index (χ0) is 14.4. The number of nitrogens with zero attached hydrogens (tertiary/aromatic N) is 2. The van der Waals surface area contributed by atoms with Crippen molar-refractivity contribution >= 4 is 6.03 Å². The molecule has 2 unspecified atom stereocenters. The molecule has 2 rings (SSSR count). The van der Waals surface area contributed by atoms with Crippen molar-refractivity contribution in [1.82, 2.24) is 15.1 Å². The fourth-order valence-corrected chi connectivity index (χ4v) is 3.41. The number of urea groups is 1. The zero-order valence-electron chi connectivity index (χ0n) is 13.2. The summed E-state index contributed by atoms with van der Waals surface area (Å²) in [5.74, 6) is 0.561. The van der Waals surface area contributed by atoms with Crippen LogP contribution in [0.2, 0.25) is 0 Å². The van der Waals surface area contributed by atoms with Gasteiger partial charge in [-0.15, -0.1) is 0 Å². The van der Waals surface area contributed by atoms with Crippen molar-refractivity contribution in [2.75, 3.05) is 32.7 Å². The second-order valence-corrected chi connectivity index (χ2v) is 6.46. The maximum Gasteiger partial charge on any atom is 0.320 e. The molecular formula is C16H31N3O. The Kier molecular flexibility index (Phi) is 6.14. The van der Waals surface area contributed by atoms with Crippen molar-refractivity contribution in [2.24, 2.45) is 5.92 Å². The van der Waals surface area contributed by atoms with Crippen molar-refractivity contribution in [3.63, 3.8) is 0 Å². The molecule has 2 aliphatic rings. The van der Waals surface area contributed by atoms with Gasteiger partial charge in [-0.25, -0.2) is 4.79 Å². The fraction of sp³-hybridized carbons (Fsp3) is 0.938. The first-order valence-corrected chi connectivity index (χ1v) is 8.49. The van der Waals surface area contributed by atoms with E-state index in [1.807, 2.05) is 0 Å². The first-order valence-electron chi connectivity index (χ1n) is 8.49. The second kappa shape index (κ2) is 7.87. The minimum atomic E-state index is 0.285. The van der Waals surface area contributed by atoms with Gasteiger partial charge in [0.1, 0.15) is 0 Å². The van der Waals surface area contributed by atoms with Gasteiger partial charge in [-0.1, -0.05) is 26.7 Å². The Hall–Kier alpha value is -0.770. The number of carbonyl (C=O) groups is 1. The van der Waals surface area contributed by atoms with E-state index < -0.39 is 0 Å². The molecule has 0 aromatic carbocycles. The highest BCUT2D eigenvalue weighted by atomic mass is 16.2. The van der Waals surface area contributed by atoms with Crippen LogP contribution in [0.1, 0.15) is 52.4 Å². The monoisotopic (exact) mass is 281 g/mol. The van der Waals surface area contributed by atoms with Gasteiger partial charge in [0.25, 0.3) is 0 Å². The van der Waals surface area contributed by atoms with Crippen LogP contribution in [0.15, 0.2) is 0 Å². The Bertz CT molecular complexity index is 300. The van der Waals surface area contributed by atoms with Crippen LogP contribution in [-0.2, 0) is 0 Å². The summed E-state index contributed by atoms with van der Waals surface area (Å²) in [5.41, 5.74) is 0. The molecule has 0 bridgehead atoms. The van der Waals surface area contributed by atoms with E-state index in [0.717, 1.165) is 39.1 Å². The number of amides is 2. The maximum atomic E-state index is 12.6. The molecule has 0 aromatic heterocycles. The summed E-state index contributed by atoms with van der Waals surface area (Å²) >= 11 is 0. The number of hydrogen-bond donors (Lipinski definition) is 1. The van der Waals surface area contributed by atoms with Gasteiger partial charge >= 0.3 is 6.03 Å². The van der Waals surface area contributed by atoms with Crippen molar-refractivity contribution in [2.45, 2.75) is 58.4 Å². The van der Waals surface area contributed by atoms with E-state index in [1.165, 1.54) is 32.1 Å². The van der Waals surface area contributed by atoms with Gasteiger partial charge < -0.3 is 15.1 Å². The molecule has 0 radical (unpaired) electrons. The molecule has 20 heavy (non-hydrogen) atoms. The smallest absolute Gasteiger partial charge is 0.320 e. The molecular weight excluding hydrogens is 250 g/mol. The van der Waals surface area contributed by atoms with Gasteiger partial charge in [0, 0.05) is 32.2 Å². The highest BCUT2D eigenvalue weighted by molar-refractivity contribution is 5.74. The van der Waals surface area contributed by atoms with Crippen LogP contribution in [0, 0.1) is 5.92 Å². The molecule has 4 nitrogen and oxygen atoms in total. The van der Waals surface area contributed by atoms with Gasteiger partial charge in [0.2, 0.25) is 0 Å². The predicted octanol–water partition coefficient (Wildman–Crippen LogP) is 2.69. The molecule has 2 amide bonds. The van der Waals surface area contributed by atoms with E-state index in [9.17, 15) is 4.79 Å². The molecule has 0 aliphatic carbocycles. The molecule has 0 saturated carbocycles. The maximum absolute atomic E-state index is 12.6. The summed E-state index contributed by atoms with van der Waals surface area (Å²) in [5, 5.41) is 3.62. The molecule has 2 fully saturated rings. The van der Waals surface area contributed by atoms with Crippen LogP contribution >= 0.6 is 0 Å². The minimum Gasteiger partial charge on any atom is -0.325 e. The zero-order valence-corrected chi connectivity index (χ0v) is 13.2. The number of carbonyl (C=O) groups excluding carboxylic acids is 1. The van der Waals surface area contributed by atoms with Crippen LogP contribution in [-0.4, -0.2) is 54.6 Å². The molecule has 116 valence electrons. The minimum absolute atomic E-state index is 0.285. The Labute approximate surface area is 123 Å². The standard InChI is InChI=1S/C16H31N3O/c1-3-9-17-15-8-12-19(13-14(15)2)16(20)18-10-6-4-5-7-11-18/h14-15,17H,3-13H2,1-2H3. The third-order valence-electron chi connectivity index (χ3n) is 4.71. The Morgan fingerprint density at radius 3 is 2.40 bits per heavy atom. The highest BCUT2D eigenvalue weighted by Crippen LogP contribution is 2.19. The first-order chi connectivity index (χ1) is 9.72. The van der Waals surface area contributed by atoms with Crippen LogP contribution in [0.5, 0.6) is 0 Å². The average molecular weight is 281 g/mol. The topological polar surface area (TPSA) is 35.6 Å². The van der Waals surface area contributed by atoms with Gasteiger partial charge in [-0.3, -0.25) is 0 Å². The van der Waals surface area contributed by atoms with Crippen LogP contribution in [0.4, 0.5) is 4.79 Å². The van der Waals surface area contributed by atoms with Crippen LogP contribution in [0.25, 0.3) is 0 Å². The Morgan fingerprint density at radius 2 is 1.80 bits per heavy atom. The number of rotatable bonds is 3. The van der Waals surface area contributed by atoms with Crippen LogP contribution < -0.4 is 5.32 Å². The van der Waals surface area contributed by atoms with Crippen molar-refractivity contribution in [3.05, 3.63) is 0 Å². The largest absolute Gasteiger partial charge is 0.325 e. The molecule has 2 atom stereocenters. The summed E-state index contributed by atoms with van der Waals surface area (Å²) in [6.07, 6.45) is 7.19. The lowest BCUT2D eigenvalue weighted by molar-refractivity contribution is 0.119. The van der Waals surface area contributed by atoms with Crippen molar-refractivity contribution in [1.29, 1.82) is 0 Å². The summed E-state index contributed by atoms with van der Waals surface area (Å²) in [7, 11) is 0. The molecule has 2 heterocycles. The summed E-state index contributed by atoms with van der Waals surface area (Å²) < 4.78 is 0. The van der Waals surface area contributed by atoms with E-state index in [0.29, 0.717) is 12.0 Å². The van der Waals surface area contributed by atoms with Gasteiger partial charge in [0.15, 0.2) is 0 Å². The summed E-state index contributed by atoms with van der Waals surface area (Å²) in [6, 6.07) is 0.871. The molecule has 0 spiro atoms. The number of hydrogen-bond acceptors (Lipinski definition) is 2. The van der Waals surface area contributed by atoms with Crippen molar-refractivity contribution < 1.29 is 4.79 Å². The van der Waals surface area contributed by atoms with Gasteiger partial charge in [0.05, 0.1) is 0 Å². The second-order valence-electron chi connectivity index (χ2n) is 6.46. The third-order valence-corrected chi connectivity index (χ3v) is 4.71. The summed E-state index contributed by atoms with van der Waals surface area (Å²) in [4.78, 5) is 16.8. The highest BCUT2D eigenvalue weighted by Gasteiger charge is 2.30. The molecule has 2 aliphatic heterocycles. The number of piperidine rings is 1. The predicted molar refractivity (Wildman–Crippen MR) is 82.9 cm³/mol.